The third-order valence-corrected chi connectivity index (χ3v) is 5.27. The highest BCUT2D eigenvalue weighted by molar-refractivity contribution is 5.94. The van der Waals surface area contributed by atoms with Crippen molar-refractivity contribution in [3.63, 3.8) is 0 Å². The van der Waals surface area contributed by atoms with E-state index in [9.17, 15) is 9.59 Å². The summed E-state index contributed by atoms with van der Waals surface area (Å²) in [4.78, 5) is 40.2. The Labute approximate surface area is 174 Å². The number of imidazole rings is 1. The lowest BCUT2D eigenvalue weighted by atomic mass is 10.1. The first-order chi connectivity index (χ1) is 14.5. The molecule has 1 amide bonds. The minimum absolute atomic E-state index is 0.0529. The molecule has 1 aliphatic rings. The lowest BCUT2D eigenvalue weighted by molar-refractivity contribution is 0.0369. The molecule has 0 radical (unpaired) electrons. The third kappa shape index (κ3) is 4.27. The zero-order valence-corrected chi connectivity index (χ0v) is 17.3. The maximum atomic E-state index is 12.4. The van der Waals surface area contributed by atoms with Gasteiger partial charge in [-0.3, -0.25) is 19.2 Å². The first kappa shape index (κ1) is 20.2. The van der Waals surface area contributed by atoms with Crippen LogP contribution in [0.4, 0.5) is 0 Å². The van der Waals surface area contributed by atoms with E-state index in [0.717, 1.165) is 44.8 Å². The molecule has 1 N–H and O–H groups in total. The number of fused-ring (bicyclic) bond motifs is 1. The average molecular weight is 410 g/mol. The molecule has 158 valence electrons. The number of nitrogens with zero attached hydrogens (tertiary/aromatic N) is 5. The standard InChI is InChI=1S/C21H26N6O3/c1-25(2)20(28)16-6-4-15(5-7-16)17-14-22-18-19(23-17)27(21(29)24-18)9-3-8-26-10-12-30-13-11-26/h4-7,14H,3,8-13H2,1-2H3,(H,22,24,29). The second kappa shape index (κ2) is 8.76. The van der Waals surface area contributed by atoms with Crippen molar-refractivity contribution >= 4 is 17.2 Å². The Morgan fingerprint density at radius 3 is 2.60 bits per heavy atom. The molecule has 1 aliphatic heterocycles. The lowest BCUT2D eigenvalue weighted by Crippen LogP contribution is -2.37. The predicted molar refractivity (Wildman–Crippen MR) is 113 cm³/mol. The smallest absolute Gasteiger partial charge is 0.328 e. The maximum Gasteiger partial charge on any atom is 0.328 e. The molecule has 9 nitrogen and oxygen atoms in total. The van der Waals surface area contributed by atoms with E-state index >= 15 is 0 Å². The van der Waals surface area contributed by atoms with E-state index in [4.69, 9.17) is 4.74 Å². The first-order valence-corrected chi connectivity index (χ1v) is 10.1. The molecule has 0 saturated carbocycles. The monoisotopic (exact) mass is 410 g/mol. The summed E-state index contributed by atoms with van der Waals surface area (Å²) < 4.78 is 7.02. The van der Waals surface area contributed by atoms with E-state index in [0.29, 0.717) is 29.1 Å². The average Bonchev–Trinajstić information content (AvgIpc) is 3.08. The molecule has 30 heavy (non-hydrogen) atoms. The summed E-state index contributed by atoms with van der Waals surface area (Å²) in [5.74, 6) is -0.0529. The largest absolute Gasteiger partial charge is 0.379 e. The van der Waals surface area contributed by atoms with Crippen molar-refractivity contribution < 1.29 is 9.53 Å². The Hall–Kier alpha value is -3.04. The van der Waals surface area contributed by atoms with Crippen LogP contribution in [0, 0.1) is 0 Å². The van der Waals surface area contributed by atoms with Gasteiger partial charge in [0.15, 0.2) is 11.3 Å². The molecular formula is C21H26N6O3. The number of nitrogens with one attached hydrogen (secondary N) is 1. The molecule has 3 heterocycles. The lowest BCUT2D eigenvalue weighted by Gasteiger charge is -2.26. The van der Waals surface area contributed by atoms with Crippen molar-refractivity contribution in [3.8, 4) is 11.3 Å². The van der Waals surface area contributed by atoms with Gasteiger partial charge in [-0.15, -0.1) is 0 Å². The van der Waals surface area contributed by atoms with Gasteiger partial charge in [0.05, 0.1) is 25.1 Å². The van der Waals surface area contributed by atoms with Crippen LogP contribution in [0.25, 0.3) is 22.6 Å². The van der Waals surface area contributed by atoms with Gasteiger partial charge in [0, 0.05) is 51.4 Å². The van der Waals surface area contributed by atoms with E-state index in [1.54, 1.807) is 37.0 Å². The zero-order chi connectivity index (χ0) is 21.1. The Morgan fingerprint density at radius 2 is 1.90 bits per heavy atom. The van der Waals surface area contributed by atoms with Gasteiger partial charge in [0.1, 0.15) is 0 Å². The molecule has 4 rings (SSSR count). The Bertz CT molecular complexity index is 1080. The molecule has 1 aromatic carbocycles. The van der Waals surface area contributed by atoms with Crippen LogP contribution in [0.3, 0.4) is 0 Å². The summed E-state index contributed by atoms with van der Waals surface area (Å²) in [5, 5.41) is 0. The Balaban J connectivity index is 1.53. The predicted octanol–water partition coefficient (Wildman–Crippen LogP) is 1.21. The highest BCUT2D eigenvalue weighted by Crippen LogP contribution is 2.19. The number of aromatic amines is 1. The van der Waals surface area contributed by atoms with Gasteiger partial charge >= 0.3 is 5.69 Å². The summed E-state index contributed by atoms with van der Waals surface area (Å²) in [5.41, 5.74) is 2.94. The normalized spacial score (nSPS) is 14.9. The van der Waals surface area contributed by atoms with Gasteiger partial charge in [-0.25, -0.2) is 14.8 Å². The summed E-state index contributed by atoms with van der Waals surface area (Å²) in [6, 6.07) is 7.24. The third-order valence-electron chi connectivity index (χ3n) is 5.27. The van der Waals surface area contributed by atoms with Crippen molar-refractivity contribution in [2.45, 2.75) is 13.0 Å². The van der Waals surface area contributed by atoms with E-state index in [1.165, 1.54) is 4.90 Å². The topological polar surface area (TPSA) is 96.4 Å². The molecule has 1 fully saturated rings. The quantitative estimate of drug-likeness (QED) is 0.656. The van der Waals surface area contributed by atoms with E-state index in [-0.39, 0.29) is 11.6 Å². The van der Waals surface area contributed by atoms with Crippen LogP contribution in [-0.4, -0.2) is 82.2 Å². The van der Waals surface area contributed by atoms with Gasteiger partial charge in [-0.1, -0.05) is 12.1 Å². The molecule has 0 bridgehead atoms. The molecule has 0 atom stereocenters. The maximum absolute atomic E-state index is 12.4. The number of morpholine rings is 1. The molecular weight excluding hydrogens is 384 g/mol. The fraction of sp³-hybridized carbons (Fsp3) is 0.429. The van der Waals surface area contributed by atoms with E-state index < -0.39 is 0 Å². The number of hydrogen-bond acceptors (Lipinski definition) is 6. The zero-order valence-electron chi connectivity index (χ0n) is 17.3. The Kier molecular flexibility index (Phi) is 5.91. The number of hydrogen-bond donors (Lipinski definition) is 1. The van der Waals surface area contributed by atoms with Gasteiger partial charge in [0.2, 0.25) is 0 Å². The summed E-state index contributed by atoms with van der Waals surface area (Å²) in [6.45, 7) is 4.88. The van der Waals surface area contributed by atoms with E-state index in [1.807, 2.05) is 12.1 Å². The SMILES string of the molecule is CN(C)C(=O)c1ccc(-c2cnc3[nH]c(=O)n(CCCN4CCOCC4)c3n2)cc1. The van der Waals surface area contributed by atoms with Crippen molar-refractivity contribution in [3.05, 3.63) is 46.5 Å². The van der Waals surface area contributed by atoms with Crippen molar-refractivity contribution in [2.75, 3.05) is 46.9 Å². The second-order valence-electron chi connectivity index (χ2n) is 7.59. The first-order valence-electron chi connectivity index (χ1n) is 10.1. The Morgan fingerprint density at radius 1 is 1.17 bits per heavy atom. The fourth-order valence-corrected chi connectivity index (χ4v) is 3.59. The summed E-state index contributed by atoms with van der Waals surface area (Å²) in [6.07, 6.45) is 2.49. The van der Waals surface area contributed by atoms with Crippen LogP contribution in [0.2, 0.25) is 0 Å². The number of benzene rings is 1. The fourth-order valence-electron chi connectivity index (χ4n) is 3.59. The second-order valence-corrected chi connectivity index (χ2v) is 7.59. The van der Waals surface area contributed by atoms with Crippen LogP contribution < -0.4 is 5.69 Å². The molecule has 1 saturated heterocycles. The molecule has 3 aromatic rings. The molecule has 0 unspecified atom stereocenters. The van der Waals surface area contributed by atoms with Crippen molar-refractivity contribution in [1.29, 1.82) is 0 Å². The highest BCUT2D eigenvalue weighted by Gasteiger charge is 2.14. The van der Waals surface area contributed by atoms with Crippen LogP contribution in [0.1, 0.15) is 16.8 Å². The minimum Gasteiger partial charge on any atom is -0.379 e. The number of aryl methyl sites for hydroxylation is 1. The molecule has 0 spiro atoms. The van der Waals surface area contributed by atoms with Crippen LogP contribution >= 0.6 is 0 Å². The van der Waals surface area contributed by atoms with Gasteiger partial charge in [0.25, 0.3) is 5.91 Å². The van der Waals surface area contributed by atoms with Gasteiger partial charge in [-0.05, 0) is 18.6 Å². The molecule has 9 heteroatoms. The number of ether oxygens (including phenoxy) is 1. The number of rotatable bonds is 6. The number of carbonyl (C=O) groups is 1. The minimum atomic E-state index is -0.198. The number of carbonyl (C=O) groups excluding carboxylic acids is 1. The van der Waals surface area contributed by atoms with Crippen molar-refractivity contribution in [2.24, 2.45) is 0 Å². The van der Waals surface area contributed by atoms with Crippen LogP contribution in [0.15, 0.2) is 35.3 Å². The number of H-pyrrole nitrogens is 1. The summed E-state index contributed by atoms with van der Waals surface area (Å²) >= 11 is 0. The van der Waals surface area contributed by atoms with Crippen LogP contribution in [-0.2, 0) is 11.3 Å². The molecule has 0 aliphatic carbocycles. The van der Waals surface area contributed by atoms with E-state index in [2.05, 4.69) is 19.9 Å². The van der Waals surface area contributed by atoms with Crippen molar-refractivity contribution in [1.82, 2.24) is 29.3 Å². The molecule has 2 aromatic heterocycles. The highest BCUT2D eigenvalue weighted by atomic mass is 16.5. The van der Waals surface area contributed by atoms with Gasteiger partial charge < -0.3 is 9.64 Å². The number of amides is 1. The van der Waals surface area contributed by atoms with Gasteiger partial charge in [-0.2, -0.15) is 0 Å². The summed E-state index contributed by atoms with van der Waals surface area (Å²) in [7, 11) is 3.44. The van der Waals surface area contributed by atoms with Crippen LogP contribution in [0.5, 0.6) is 0 Å². The number of aromatic nitrogens is 4.